The van der Waals surface area contributed by atoms with Crippen molar-refractivity contribution in [1.82, 2.24) is 0 Å². The smallest absolute Gasteiger partial charge is 0.117 e. The molecule has 0 saturated carbocycles. The van der Waals surface area contributed by atoms with Crippen LogP contribution in [0.1, 0.15) is 58.2 Å². The number of rotatable bonds is 0. The van der Waals surface area contributed by atoms with E-state index in [0.29, 0.717) is 15.1 Å². The standard InChI is InChI=1S/C7H6Cl2.C7H7ClO.C7H7Cl.3C2H6/c1-5-3-2-4-6(8)7(5)9;1-5-2-3-6(9)4-7(5)8;1-6-4-2-3-5-7(6)8;3*1-2/h2-4H,1H3;2-4,9H,1H3;2-5H,1H3;3*1-2H3. The van der Waals surface area contributed by atoms with E-state index in [2.05, 4.69) is 0 Å². The molecular weight excluding hydrogens is 482 g/mol. The summed E-state index contributed by atoms with van der Waals surface area (Å²) < 4.78 is 0. The summed E-state index contributed by atoms with van der Waals surface area (Å²) in [6.07, 6.45) is 0. The van der Waals surface area contributed by atoms with Crippen LogP contribution in [0.3, 0.4) is 0 Å². The predicted molar refractivity (Wildman–Crippen MR) is 149 cm³/mol. The van der Waals surface area contributed by atoms with Crippen LogP contribution >= 0.6 is 46.4 Å². The lowest BCUT2D eigenvalue weighted by atomic mass is 10.2. The zero-order chi connectivity index (χ0) is 25.7. The minimum Gasteiger partial charge on any atom is -0.508 e. The molecule has 0 unspecified atom stereocenters. The first-order chi connectivity index (χ1) is 15.2. The summed E-state index contributed by atoms with van der Waals surface area (Å²) in [7, 11) is 0. The lowest BCUT2D eigenvalue weighted by molar-refractivity contribution is 0.475. The lowest BCUT2D eigenvalue weighted by Crippen LogP contribution is -1.73. The van der Waals surface area contributed by atoms with E-state index in [1.807, 2.05) is 98.7 Å². The molecule has 3 rings (SSSR count). The number of hydrogen-bond acceptors (Lipinski definition) is 1. The number of aromatic hydroxyl groups is 1. The van der Waals surface area contributed by atoms with Gasteiger partial charge >= 0.3 is 0 Å². The molecule has 180 valence electrons. The van der Waals surface area contributed by atoms with E-state index in [1.54, 1.807) is 18.2 Å². The second kappa shape index (κ2) is 22.8. The third kappa shape index (κ3) is 16.3. The molecule has 0 heterocycles. The lowest BCUT2D eigenvalue weighted by Gasteiger charge is -1.96. The summed E-state index contributed by atoms with van der Waals surface area (Å²) in [4.78, 5) is 0. The van der Waals surface area contributed by atoms with Gasteiger partial charge < -0.3 is 5.11 Å². The van der Waals surface area contributed by atoms with Crippen molar-refractivity contribution in [1.29, 1.82) is 0 Å². The van der Waals surface area contributed by atoms with Crippen LogP contribution in [0.25, 0.3) is 0 Å². The van der Waals surface area contributed by atoms with E-state index >= 15 is 0 Å². The SMILES string of the molecule is CC.CC.CC.Cc1ccc(O)cc1Cl.Cc1cccc(Cl)c1Cl.Cc1ccccc1Cl. The molecule has 3 aromatic carbocycles. The largest absolute Gasteiger partial charge is 0.508 e. The average Bonchev–Trinajstić information content (AvgIpc) is 2.82. The molecule has 0 spiro atoms. The summed E-state index contributed by atoms with van der Waals surface area (Å²) in [5.41, 5.74) is 3.13. The molecule has 0 fully saturated rings. The Hall–Kier alpha value is -1.38. The number of aryl methyl sites for hydroxylation is 3. The normalized spacial score (nSPS) is 8.28. The van der Waals surface area contributed by atoms with E-state index in [1.165, 1.54) is 6.07 Å². The van der Waals surface area contributed by atoms with Crippen molar-refractivity contribution in [3.05, 3.63) is 97.4 Å². The van der Waals surface area contributed by atoms with Gasteiger partial charge in [0.15, 0.2) is 0 Å². The maximum atomic E-state index is 8.85. The van der Waals surface area contributed by atoms with Crippen molar-refractivity contribution in [2.24, 2.45) is 0 Å². The minimum atomic E-state index is 0.214. The molecule has 32 heavy (non-hydrogen) atoms. The minimum absolute atomic E-state index is 0.214. The summed E-state index contributed by atoms with van der Waals surface area (Å²) in [5.74, 6) is 0.214. The van der Waals surface area contributed by atoms with Gasteiger partial charge in [0.25, 0.3) is 0 Å². The second-order valence-electron chi connectivity index (χ2n) is 5.55. The van der Waals surface area contributed by atoms with Gasteiger partial charge in [0, 0.05) is 10.0 Å². The molecule has 0 aromatic heterocycles. The first kappa shape index (κ1) is 35.2. The highest BCUT2D eigenvalue weighted by Crippen LogP contribution is 2.24. The van der Waals surface area contributed by atoms with Gasteiger partial charge in [0.1, 0.15) is 5.75 Å². The zero-order valence-electron chi connectivity index (χ0n) is 20.7. The van der Waals surface area contributed by atoms with Gasteiger partial charge in [-0.05, 0) is 61.7 Å². The van der Waals surface area contributed by atoms with E-state index < -0.39 is 0 Å². The van der Waals surface area contributed by atoms with Crippen LogP contribution in [0.5, 0.6) is 5.75 Å². The van der Waals surface area contributed by atoms with Gasteiger partial charge in [0.05, 0.1) is 10.0 Å². The molecule has 0 aliphatic carbocycles. The molecule has 1 nitrogen and oxygen atoms in total. The van der Waals surface area contributed by atoms with Crippen LogP contribution in [0.4, 0.5) is 0 Å². The van der Waals surface area contributed by atoms with Crippen LogP contribution in [-0.2, 0) is 0 Å². The molecule has 0 amide bonds. The monoisotopic (exact) mass is 518 g/mol. The van der Waals surface area contributed by atoms with E-state index in [-0.39, 0.29) is 5.75 Å². The summed E-state index contributed by atoms with van der Waals surface area (Å²) in [6.45, 7) is 17.8. The van der Waals surface area contributed by atoms with Crippen molar-refractivity contribution in [2.45, 2.75) is 62.3 Å². The molecule has 0 bridgehead atoms. The fraction of sp³-hybridized carbons (Fsp3) is 0.333. The quantitative estimate of drug-likeness (QED) is 0.313. The Labute approximate surface area is 216 Å². The summed E-state index contributed by atoms with van der Waals surface area (Å²) >= 11 is 22.8. The van der Waals surface area contributed by atoms with Crippen molar-refractivity contribution in [2.75, 3.05) is 0 Å². The Morgan fingerprint density at radius 2 is 0.938 bits per heavy atom. The zero-order valence-corrected chi connectivity index (χ0v) is 23.8. The van der Waals surface area contributed by atoms with E-state index in [0.717, 1.165) is 21.7 Å². The third-order valence-electron chi connectivity index (χ3n) is 3.38. The molecule has 0 saturated heterocycles. The number of halogens is 4. The first-order valence-electron chi connectivity index (χ1n) is 10.8. The molecule has 3 aromatic rings. The van der Waals surface area contributed by atoms with Crippen LogP contribution in [0, 0.1) is 20.8 Å². The van der Waals surface area contributed by atoms with Gasteiger partial charge in [0.2, 0.25) is 0 Å². The highest BCUT2D eigenvalue weighted by atomic mass is 35.5. The predicted octanol–water partition coefficient (Wildman–Crippen LogP) is 11.4. The molecule has 0 radical (unpaired) electrons. The van der Waals surface area contributed by atoms with Gasteiger partial charge in [-0.1, -0.05) is 124 Å². The van der Waals surface area contributed by atoms with Crippen molar-refractivity contribution in [3.63, 3.8) is 0 Å². The first-order valence-corrected chi connectivity index (χ1v) is 12.3. The molecule has 0 aliphatic heterocycles. The van der Waals surface area contributed by atoms with Crippen LogP contribution in [0.2, 0.25) is 20.1 Å². The highest BCUT2D eigenvalue weighted by molar-refractivity contribution is 6.42. The topological polar surface area (TPSA) is 20.2 Å². The van der Waals surface area contributed by atoms with E-state index in [9.17, 15) is 0 Å². The Balaban J connectivity index is -0.000000353. The van der Waals surface area contributed by atoms with Crippen LogP contribution in [0.15, 0.2) is 60.7 Å². The second-order valence-corrected chi connectivity index (χ2v) is 7.15. The van der Waals surface area contributed by atoms with Crippen molar-refractivity contribution in [3.8, 4) is 5.75 Å². The van der Waals surface area contributed by atoms with Gasteiger partial charge in [-0.2, -0.15) is 0 Å². The van der Waals surface area contributed by atoms with Crippen LogP contribution < -0.4 is 0 Å². The van der Waals surface area contributed by atoms with E-state index in [4.69, 9.17) is 51.5 Å². The van der Waals surface area contributed by atoms with Crippen molar-refractivity contribution >= 4 is 46.4 Å². The third-order valence-corrected chi connectivity index (χ3v) is 5.12. The number of benzene rings is 3. The maximum absolute atomic E-state index is 8.85. The summed E-state index contributed by atoms with van der Waals surface area (Å²) in [5, 5.41) is 11.6. The van der Waals surface area contributed by atoms with Crippen molar-refractivity contribution < 1.29 is 5.11 Å². The Morgan fingerprint density at radius 3 is 1.28 bits per heavy atom. The maximum Gasteiger partial charge on any atom is 0.117 e. The van der Waals surface area contributed by atoms with Gasteiger partial charge in [-0.15, -0.1) is 0 Å². The van der Waals surface area contributed by atoms with Crippen LogP contribution in [-0.4, -0.2) is 5.11 Å². The Bertz CT molecular complexity index is 808. The number of hydrogen-bond donors (Lipinski definition) is 1. The van der Waals surface area contributed by atoms with Gasteiger partial charge in [-0.25, -0.2) is 0 Å². The Kier molecular flexibility index (Phi) is 25.1. The molecule has 5 heteroatoms. The summed E-state index contributed by atoms with van der Waals surface area (Å²) in [6, 6.07) is 18.3. The molecule has 0 aliphatic rings. The molecular formula is C27H38Cl4O. The fourth-order valence-electron chi connectivity index (χ4n) is 1.74. The average molecular weight is 520 g/mol. The molecule has 0 atom stereocenters. The molecule has 1 N–H and O–H groups in total. The van der Waals surface area contributed by atoms with Gasteiger partial charge in [-0.3, -0.25) is 0 Å². The number of phenols is 1. The number of phenolic OH excluding ortho intramolecular Hbond substituents is 1. The Morgan fingerprint density at radius 1 is 0.500 bits per heavy atom. The highest BCUT2D eigenvalue weighted by Gasteiger charge is 1.96. The fourth-order valence-corrected chi connectivity index (χ4v) is 2.40.